The third-order valence-corrected chi connectivity index (χ3v) is 3.44. The number of methoxy groups -OCH3 is 1. The van der Waals surface area contributed by atoms with E-state index in [2.05, 4.69) is 15.3 Å². The van der Waals surface area contributed by atoms with Gasteiger partial charge in [0.15, 0.2) is 0 Å². The second-order valence-electron chi connectivity index (χ2n) is 4.56. The zero-order valence-electron chi connectivity index (χ0n) is 11.4. The van der Waals surface area contributed by atoms with Crippen LogP contribution in [-0.2, 0) is 0 Å². The van der Waals surface area contributed by atoms with Gasteiger partial charge in [-0.15, -0.1) is 0 Å². The minimum Gasteiger partial charge on any atom is -0.495 e. The number of hydrogen-bond acceptors (Lipinski definition) is 4. The molecule has 0 amide bonds. The van der Waals surface area contributed by atoms with Crippen LogP contribution in [0.3, 0.4) is 0 Å². The van der Waals surface area contributed by atoms with Crippen LogP contribution in [0.4, 0.5) is 11.5 Å². The largest absolute Gasteiger partial charge is 0.495 e. The van der Waals surface area contributed by atoms with Crippen molar-refractivity contribution in [2.24, 2.45) is 0 Å². The zero-order valence-corrected chi connectivity index (χ0v) is 13.0. The average Bonchev–Trinajstić information content (AvgIpc) is 2.40. The summed E-state index contributed by atoms with van der Waals surface area (Å²) in [5.74, 6) is 1.49. The number of nitrogens with one attached hydrogen (secondary N) is 1. The summed E-state index contributed by atoms with van der Waals surface area (Å²) in [6.45, 7) is 4.08. The molecule has 0 fully saturated rings. The van der Waals surface area contributed by atoms with Gasteiger partial charge >= 0.3 is 0 Å². The zero-order chi connectivity index (χ0) is 14.7. The van der Waals surface area contributed by atoms with Crippen LogP contribution in [0.2, 0.25) is 10.2 Å². The van der Waals surface area contributed by atoms with Gasteiger partial charge in [-0.2, -0.15) is 0 Å². The van der Waals surface area contributed by atoms with Crippen molar-refractivity contribution in [3.05, 3.63) is 40.3 Å². The summed E-state index contributed by atoms with van der Waals surface area (Å²) in [7, 11) is 1.58. The second kappa shape index (κ2) is 6.29. The van der Waals surface area contributed by atoms with Gasteiger partial charge in [0.25, 0.3) is 0 Å². The van der Waals surface area contributed by atoms with Gasteiger partial charge in [-0.3, -0.25) is 0 Å². The van der Waals surface area contributed by atoms with Crippen LogP contribution in [0.15, 0.2) is 24.5 Å². The monoisotopic (exact) mass is 311 g/mol. The number of hydrogen-bond donors (Lipinski definition) is 1. The third-order valence-electron chi connectivity index (χ3n) is 2.83. The summed E-state index contributed by atoms with van der Waals surface area (Å²) >= 11 is 12.1. The van der Waals surface area contributed by atoms with Gasteiger partial charge in [-0.05, 0) is 18.1 Å². The Labute approximate surface area is 128 Å². The maximum atomic E-state index is 6.14. The molecule has 0 unspecified atom stereocenters. The Balaban J connectivity index is 2.37. The molecule has 2 rings (SSSR count). The van der Waals surface area contributed by atoms with Crippen molar-refractivity contribution in [3.8, 4) is 5.75 Å². The van der Waals surface area contributed by atoms with E-state index in [1.165, 1.54) is 6.33 Å². The normalized spacial score (nSPS) is 10.7. The van der Waals surface area contributed by atoms with Crippen LogP contribution in [0.25, 0.3) is 0 Å². The van der Waals surface area contributed by atoms with Gasteiger partial charge < -0.3 is 10.1 Å². The maximum Gasteiger partial charge on any atom is 0.139 e. The molecule has 20 heavy (non-hydrogen) atoms. The molecule has 6 heteroatoms. The van der Waals surface area contributed by atoms with E-state index in [0.717, 1.165) is 11.3 Å². The van der Waals surface area contributed by atoms with Crippen molar-refractivity contribution < 1.29 is 4.74 Å². The molecule has 0 saturated heterocycles. The van der Waals surface area contributed by atoms with Crippen LogP contribution in [0.5, 0.6) is 5.75 Å². The number of nitrogens with zero attached hydrogens (tertiary/aromatic N) is 2. The average molecular weight is 312 g/mol. The Morgan fingerprint density at radius 2 is 1.95 bits per heavy atom. The molecule has 0 aliphatic rings. The van der Waals surface area contributed by atoms with Gasteiger partial charge in [0.2, 0.25) is 0 Å². The van der Waals surface area contributed by atoms with Crippen LogP contribution in [0.1, 0.15) is 25.3 Å². The molecule has 1 aromatic carbocycles. The van der Waals surface area contributed by atoms with E-state index < -0.39 is 0 Å². The lowest BCUT2D eigenvalue weighted by atomic mass is 10.1. The van der Waals surface area contributed by atoms with Crippen molar-refractivity contribution in [1.29, 1.82) is 0 Å². The van der Waals surface area contributed by atoms with Crippen molar-refractivity contribution in [1.82, 2.24) is 9.97 Å². The summed E-state index contributed by atoms with van der Waals surface area (Å²) in [6, 6.07) is 5.42. The Hall–Kier alpha value is -1.52. The minimum absolute atomic E-state index is 0.209. The molecule has 1 aromatic heterocycles. The Morgan fingerprint density at radius 3 is 2.60 bits per heavy atom. The van der Waals surface area contributed by atoms with Crippen LogP contribution in [-0.4, -0.2) is 17.1 Å². The van der Waals surface area contributed by atoms with E-state index in [9.17, 15) is 0 Å². The van der Waals surface area contributed by atoms with Crippen molar-refractivity contribution in [3.63, 3.8) is 0 Å². The second-order valence-corrected chi connectivity index (χ2v) is 5.32. The summed E-state index contributed by atoms with van der Waals surface area (Å²) in [5, 5.41) is 4.24. The molecular weight excluding hydrogens is 297 g/mol. The quantitative estimate of drug-likeness (QED) is 0.834. The first kappa shape index (κ1) is 14.9. The molecule has 4 nitrogen and oxygen atoms in total. The lowest BCUT2D eigenvalue weighted by Gasteiger charge is -2.15. The fourth-order valence-electron chi connectivity index (χ4n) is 1.86. The summed E-state index contributed by atoms with van der Waals surface area (Å²) in [4.78, 5) is 8.27. The number of rotatable bonds is 4. The van der Waals surface area contributed by atoms with Crippen molar-refractivity contribution in [2.75, 3.05) is 12.4 Å². The molecular formula is C14H15Cl2N3O. The van der Waals surface area contributed by atoms with Crippen LogP contribution < -0.4 is 10.1 Å². The molecule has 0 saturated carbocycles. The highest BCUT2D eigenvalue weighted by Crippen LogP contribution is 2.32. The van der Waals surface area contributed by atoms with E-state index in [4.69, 9.17) is 27.9 Å². The highest BCUT2D eigenvalue weighted by Gasteiger charge is 2.14. The van der Waals surface area contributed by atoms with Crippen molar-refractivity contribution in [2.45, 2.75) is 19.8 Å². The fourth-order valence-corrected chi connectivity index (χ4v) is 2.41. The lowest BCUT2D eigenvalue weighted by Crippen LogP contribution is -2.03. The number of ether oxygens (including phenoxy) is 1. The number of aromatic nitrogens is 2. The highest BCUT2D eigenvalue weighted by molar-refractivity contribution is 6.32. The van der Waals surface area contributed by atoms with Gasteiger partial charge in [0.1, 0.15) is 23.0 Å². The first-order chi connectivity index (χ1) is 9.52. The molecule has 1 N–H and O–H groups in total. The molecule has 0 radical (unpaired) electrons. The molecule has 0 atom stereocenters. The predicted octanol–water partition coefficient (Wildman–Crippen LogP) is 4.66. The predicted molar refractivity (Wildman–Crippen MR) is 82.4 cm³/mol. The van der Waals surface area contributed by atoms with Crippen molar-refractivity contribution >= 4 is 34.7 Å². The first-order valence-electron chi connectivity index (χ1n) is 6.14. The third kappa shape index (κ3) is 3.14. The summed E-state index contributed by atoms with van der Waals surface area (Å²) < 4.78 is 5.19. The Kier molecular flexibility index (Phi) is 4.68. The van der Waals surface area contributed by atoms with E-state index in [1.54, 1.807) is 13.2 Å². The van der Waals surface area contributed by atoms with Crippen LogP contribution >= 0.6 is 23.2 Å². The lowest BCUT2D eigenvalue weighted by molar-refractivity contribution is 0.415. The number of benzene rings is 1. The smallest absolute Gasteiger partial charge is 0.139 e. The first-order valence-corrected chi connectivity index (χ1v) is 6.89. The van der Waals surface area contributed by atoms with Crippen LogP contribution in [0, 0.1) is 0 Å². The van der Waals surface area contributed by atoms with E-state index in [0.29, 0.717) is 21.7 Å². The summed E-state index contributed by atoms with van der Waals surface area (Å²) in [5.41, 5.74) is 1.70. The number of anilines is 2. The topological polar surface area (TPSA) is 47.0 Å². The standard InChI is InChI=1S/C14H15Cl2N3O/c1-8(2)12-13(16)17-7-18-14(12)19-9-4-5-10(15)11(6-9)20-3/h4-8H,1-3H3,(H,17,18,19). The number of halogens is 2. The van der Waals surface area contributed by atoms with Gasteiger partial charge in [-0.25, -0.2) is 9.97 Å². The summed E-state index contributed by atoms with van der Waals surface area (Å²) in [6.07, 6.45) is 1.43. The van der Waals surface area contributed by atoms with E-state index in [-0.39, 0.29) is 5.92 Å². The van der Waals surface area contributed by atoms with E-state index in [1.807, 2.05) is 26.0 Å². The maximum absolute atomic E-state index is 6.14. The van der Waals surface area contributed by atoms with Gasteiger partial charge in [0.05, 0.1) is 12.1 Å². The Morgan fingerprint density at radius 1 is 1.20 bits per heavy atom. The molecule has 0 aliphatic carbocycles. The molecule has 2 aromatic rings. The molecule has 106 valence electrons. The molecule has 0 bridgehead atoms. The van der Waals surface area contributed by atoms with E-state index >= 15 is 0 Å². The SMILES string of the molecule is COc1cc(Nc2ncnc(Cl)c2C(C)C)ccc1Cl. The molecule has 1 heterocycles. The highest BCUT2D eigenvalue weighted by atomic mass is 35.5. The Bertz CT molecular complexity index is 617. The van der Waals surface area contributed by atoms with Gasteiger partial charge in [-0.1, -0.05) is 37.0 Å². The molecule has 0 spiro atoms. The van der Waals surface area contributed by atoms with Gasteiger partial charge in [0, 0.05) is 17.3 Å². The minimum atomic E-state index is 0.209. The molecule has 0 aliphatic heterocycles. The fraction of sp³-hybridized carbons (Fsp3) is 0.286.